The summed E-state index contributed by atoms with van der Waals surface area (Å²) in [5, 5.41) is 6.69. The van der Waals surface area contributed by atoms with E-state index in [0.717, 1.165) is 34.8 Å². The molecule has 2 aromatic rings. The number of nitrogens with zero attached hydrogens (tertiary/aromatic N) is 2. The first-order valence-corrected chi connectivity index (χ1v) is 17.4. The number of thioether (sulfide) groups is 1. The molecule has 10 heteroatoms. The molecule has 0 radical (unpaired) electrons. The van der Waals surface area contributed by atoms with E-state index in [4.69, 9.17) is 19.1 Å². The van der Waals surface area contributed by atoms with Crippen LogP contribution >= 0.6 is 39.0 Å². The van der Waals surface area contributed by atoms with Crippen molar-refractivity contribution in [2.75, 3.05) is 26.1 Å². The second kappa shape index (κ2) is 12.0. The lowest BCUT2D eigenvalue weighted by Crippen LogP contribution is -2.46. The highest BCUT2D eigenvalue weighted by molar-refractivity contribution is 9.10. The van der Waals surface area contributed by atoms with Crippen LogP contribution in [0, 0.1) is 5.92 Å². The molecule has 1 aliphatic rings. The number of rotatable bonds is 9. The van der Waals surface area contributed by atoms with Crippen LogP contribution in [0.4, 0.5) is 0 Å². The highest BCUT2D eigenvalue weighted by Gasteiger charge is 2.46. The Hall–Kier alpha value is -1.04. The van der Waals surface area contributed by atoms with Crippen molar-refractivity contribution in [2.45, 2.75) is 57.3 Å². The first-order chi connectivity index (χ1) is 16.5. The number of nitrogens with one attached hydrogen (secondary N) is 1. The molecular formula is C25H36BrN3O3S2Si. The van der Waals surface area contributed by atoms with Crippen LogP contribution in [0.2, 0.25) is 18.1 Å². The van der Waals surface area contributed by atoms with Gasteiger partial charge in [-0.25, -0.2) is 9.98 Å². The SMILES string of the molecule is COC[C@]1(c2nc(Br)cs2)N=C(NC(=O)c2ccccc2)SC[C@@H]1CCCO[Si](C)(C)C(C)(C)C. The van der Waals surface area contributed by atoms with Crippen molar-refractivity contribution in [1.29, 1.82) is 0 Å². The van der Waals surface area contributed by atoms with Crippen molar-refractivity contribution < 1.29 is 14.0 Å². The van der Waals surface area contributed by atoms with E-state index in [-0.39, 0.29) is 16.9 Å². The molecule has 0 saturated carbocycles. The molecule has 1 aromatic carbocycles. The molecule has 0 spiro atoms. The zero-order valence-corrected chi connectivity index (χ0v) is 25.6. The quantitative estimate of drug-likeness (QED) is 0.257. The number of benzene rings is 1. The Labute approximate surface area is 227 Å². The van der Waals surface area contributed by atoms with Gasteiger partial charge in [0.2, 0.25) is 0 Å². The van der Waals surface area contributed by atoms with Crippen LogP contribution in [0.3, 0.4) is 0 Å². The largest absolute Gasteiger partial charge is 0.417 e. The summed E-state index contributed by atoms with van der Waals surface area (Å²) in [6.07, 6.45) is 1.88. The normalized spacial score (nSPS) is 21.0. The summed E-state index contributed by atoms with van der Waals surface area (Å²) in [4.78, 5) is 22.7. The molecule has 0 bridgehead atoms. The van der Waals surface area contributed by atoms with E-state index >= 15 is 0 Å². The number of aromatic nitrogens is 1. The fourth-order valence-electron chi connectivity index (χ4n) is 3.75. The molecule has 1 aromatic heterocycles. The predicted octanol–water partition coefficient (Wildman–Crippen LogP) is 6.70. The minimum absolute atomic E-state index is 0.162. The van der Waals surface area contributed by atoms with Gasteiger partial charge in [0.05, 0.1) is 6.61 Å². The Bertz CT molecular complexity index is 1030. The molecule has 0 unspecified atom stereocenters. The van der Waals surface area contributed by atoms with Crippen LogP contribution in [-0.2, 0) is 14.7 Å². The Morgan fingerprint density at radius 1 is 1.29 bits per heavy atom. The number of amides is 1. The third-order valence-electron chi connectivity index (χ3n) is 6.83. The fourth-order valence-corrected chi connectivity index (χ4v) is 7.49. The number of amidine groups is 1. The lowest BCUT2D eigenvalue weighted by Gasteiger charge is -2.40. The van der Waals surface area contributed by atoms with Gasteiger partial charge in [0.15, 0.2) is 13.5 Å². The maximum absolute atomic E-state index is 12.8. The first kappa shape index (κ1) is 28.5. The van der Waals surface area contributed by atoms with Crippen LogP contribution in [0.5, 0.6) is 0 Å². The molecule has 0 saturated heterocycles. The van der Waals surface area contributed by atoms with E-state index in [1.807, 2.05) is 23.6 Å². The van der Waals surface area contributed by atoms with Gasteiger partial charge in [0.25, 0.3) is 5.91 Å². The summed E-state index contributed by atoms with van der Waals surface area (Å²) >= 11 is 6.66. The summed E-state index contributed by atoms with van der Waals surface area (Å²) in [6, 6.07) is 9.21. The molecule has 6 nitrogen and oxygen atoms in total. The Morgan fingerprint density at radius 3 is 2.60 bits per heavy atom. The molecule has 3 rings (SSSR count). The number of halogens is 1. The average molecular weight is 599 g/mol. The van der Waals surface area contributed by atoms with E-state index in [9.17, 15) is 4.79 Å². The van der Waals surface area contributed by atoms with Crippen LogP contribution in [0.25, 0.3) is 0 Å². The summed E-state index contributed by atoms with van der Waals surface area (Å²) in [6.45, 7) is 12.5. The molecule has 2 atom stereocenters. The van der Waals surface area contributed by atoms with Gasteiger partial charge in [0, 0.05) is 36.3 Å². The van der Waals surface area contributed by atoms with Gasteiger partial charge in [-0.15, -0.1) is 11.3 Å². The third kappa shape index (κ3) is 7.04. The lowest BCUT2D eigenvalue weighted by molar-refractivity contribution is 0.0930. The van der Waals surface area contributed by atoms with E-state index in [1.165, 1.54) is 0 Å². The van der Waals surface area contributed by atoms with Gasteiger partial charge >= 0.3 is 0 Å². The van der Waals surface area contributed by atoms with E-state index in [1.54, 1.807) is 42.3 Å². The summed E-state index contributed by atoms with van der Waals surface area (Å²) in [5.41, 5.74) is -0.0532. The maximum Gasteiger partial charge on any atom is 0.257 e. The van der Waals surface area contributed by atoms with E-state index < -0.39 is 13.9 Å². The standard InChI is InChI=1S/C25H36BrN3O3S2Si/c1-24(2,3)35(5,6)32-14-10-13-19-15-34-23(28-21(30)18-11-8-7-9-12-18)29-25(19,17-31-4)22-27-20(26)16-33-22/h7-9,11-12,16,19H,10,13-15,17H2,1-6H3,(H,28,29,30)/t19-,25-/m0/s1. The van der Waals surface area contributed by atoms with E-state index in [2.05, 4.69) is 55.1 Å². The molecule has 0 aliphatic carbocycles. The van der Waals surface area contributed by atoms with Crippen molar-refractivity contribution >= 4 is 58.4 Å². The van der Waals surface area contributed by atoms with Crippen molar-refractivity contribution in [1.82, 2.24) is 10.3 Å². The van der Waals surface area contributed by atoms with Crippen LogP contribution in [-0.4, -0.2) is 50.5 Å². The lowest BCUT2D eigenvalue weighted by atomic mass is 9.83. The van der Waals surface area contributed by atoms with Crippen molar-refractivity contribution in [3.63, 3.8) is 0 Å². The predicted molar refractivity (Wildman–Crippen MR) is 153 cm³/mol. The maximum atomic E-state index is 12.8. The summed E-state index contributed by atoms with van der Waals surface area (Å²) in [5.74, 6) is 0.852. The monoisotopic (exact) mass is 597 g/mol. The van der Waals surface area contributed by atoms with Gasteiger partial charge < -0.3 is 14.5 Å². The molecule has 2 heterocycles. The van der Waals surface area contributed by atoms with Gasteiger partial charge in [-0.05, 0) is 59.0 Å². The third-order valence-corrected chi connectivity index (χ3v) is 14.1. The Morgan fingerprint density at radius 2 is 2.00 bits per heavy atom. The van der Waals surface area contributed by atoms with E-state index in [0.29, 0.717) is 17.3 Å². The van der Waals surface area contributed by atoms with Crippen LogP contribution in [0.15, 0.2) is 45.3 Å². The molecule has 1 N–H and O–H groups in total. The highest BCUT2D eigenvalue weighted by atomic mass is 79.9. The van der Waals surface area contributed by atoms with Crippen molar-refractivity contribution in [3.05, 3.63) is 50.9 Å². The van der Waals surface area contributed by atoms with Gasteiger partial charge in [-0.2, -0.15) is 0 Å². The number of ether oxygens (including phenoxy) is 1. The molecular weight excluding hydrogens is 562 g/mol. The average Bonchev–Trinajstić information content (AvgIpc) is 3.24. The molecule has 0 fully saturated rings. The van der Waals surface area contributed by atoms with Crippen LogP contribution in [0.1, 0.15) is 49.0 Å². The second-order valence-corrected chi connectivity index (χ2v) is 17.8. The van der Waals surface area contributed by atoms with Crippen LogP contribution < -0.4 is 5.32 Å². The Balaban J connectivity index is 1.82. The minimum atomic E-state index is -1.79. The molecule has 1 amide bonds. The number of thiazole rings is 1. The number of aliphatic imine (C=N–C) groups is 1. The fraction of sp³-hybridized carbons (Fsp3) is 0.560. The van der Waals surface area contributed by atoms with Gasteiger partial charge in [-0.1, -0.05) is 50.7 Å². The molecule has 192 valence electrons. The number of methoxy groups -OCH3 is 1. The number of hydrogen-bond acceptors (Lipinski definition) is 7. The summed E-state index contributed by atoms with van der Waals surface area (Å²) in [7, 11) is -0.0902. The Kier molecular flexibility index (Phi) is 9.78. The smallest absolute Gasteiger partial charge is 0.257 e. The van der Waals surface area contributed by atoms with Crippen molar-refractivity contribution in [3.8, 4) is 0 Å². The van der Waals surface area contributed by atoms with Crippen molar-refractivity contribution in [2.24, 2.45) is 10.9 Å². The zero-order chi connectivity index (χ0) is 25.7. The molecule has 35 heavy (non-hydrogen) atoms. The van der Waals surface area contributed by atoms with Gasteiger partial charge in [0.1, 0.15) is 15.1 Å². The second-order valence-electron chi connectivity index (χ2n) is 10.3. The number of hydrogen-bond donors (Lipinski definition) is 1. The molecule has 1 aliphatic heterocycles. The van der Waals surface area contributed by atoms with Gasteiger partial charge in [-0.3, -0.25) is 4.79 Å². The minimum Gasteiger partial charge on any atom is -0.417 e. The number of carbonyl (C=O) groups excluding carboxylic acids is 1. The summed E-state index contributed by atoms with van der Waals surface area (Å²) < 4.78 is 12.9. The number of carbonyl (C=O) groups is 1. The highest BCUT2D eigenvalue weighted by Crippen LogP contribution is 2.45. The topological polar surface area (TPSA) is 72.8 Å². The first-order valence-electron chi connectivity index (χ1n) is 11.8. The zero-order valence-electron chi connectivity index (χ0n) is 21.4.